The van der Waals surface area contributed by atoms with E-state index in [-0.39, 0.29) is 5.91 Å². The number of aromatic nitrogens is 1. The number of aryl methyl sites for hydroxylation is 2. The average molecular weight is 249 g/mol. The smallest absolute Gasteiger partial charge is 0.217 e. The Hall–Kier alpha value is -1.61. The second-order valence-electron chi connectivity index (χ2n) is 4.05. The van der Waals surface area contributed by atoms with Gasteiger partial charge >= 0.3 is 0 Å². The van der Waals surface area contributed by atoms with Gasteiger partial charge in [0.2, 0.25) is 5.91 Å². The topological polar surface area (TPSA) is 56.0 Å². The van der Waals surface area contributed by atoms with Gasteiger partial charge in [0, 0.05) is 22.5 Å². The molecule has 4 heteroatoms. The van der Waals surface area contributed by atoms with Crippen molar-refractivity contribution in [2.75, 3.05) is 0 Å². The van der Waals surface area contributed by atoms with E-state index in [4.69, 9.17) is 17.3 Å². The Morgan fingerprint density at radius 1 is 1.41 bits per heavy atom. The third kappa shape index (κ3) is 2.74. The Morgan fingerprint density at radius 2 is 2.18 bits per heavy atom. The van der Waals surface area contributed by atoms with E-state index < -0.39 is 0 Å². The van der Waals surface area contributed by atoms with Crippen LogP contribution < -0.4 is 5.73 Å². The van der Waals surface area contributed by atoms with Crippen molar-refractivity contribution in [1.82, 2.24) is 4.98 Å². The Kier molecular flexibility index (Phi) is 3.29. The maximum absolute atomic E-state index is 10.8. The van der Waals surface area contributed by atoms with Crippen LogP contribution in [0.15, 0.2) is 24.3 Å². The average Bonchev–Trinajstić information content (AvgIpc) is 2.26. The Labute approximate surface area is 105 Å². The molecule has 17 heavy (non-hydrogen) atoms. The highest BCUT2D eigenvalue weighted by Crippen LogP contribution is 2.23. The first-order valence-corrected chi connectivity index (χ1v) is 5.78. The van der Waals surface area contributed by atoms with E-state index in [1.165, 1.54) is 0 Å². The number of pyridine rings is 1. The predicted octanol–water partition coefficient (Wildman–Crippen LogP) is 2.61. The van der Waals surface area contributed by atoms with Gasteiger partial charge in [-0.15, -0.1) is 0 Å². The van der Waals surface area contributed by atoms with Crippen molar-refractivity contribution in [3.05, 3.63) is 40.5 Å². The first-order valence-electron chi connectivity index (χ1n) is 5.40. The van der Waals surface area contributed by atoms with Crippen molar-refractivity contribution in [3.8, 4) is 0 Å². The molecule has 0 aliphatic heterocycles. The fourth-order valence-corrected chi connectivity index (χ4v) is 2.05. The number of benzene rings is 1. The molecule has 0 saturated carbocycles. The van der Waals surface area contributed by atoms with E-state index in [9.17, 15) is 4.79 Å². The van der Waals surface area contributed by atoms with E-state index in [0.717, 1.165) is 22.2 Å². The summed E-state index contributed by atoms with van der Waals surface area (Å²) in [6, 6.07) is 7.55. The highest BCUT2D eigenvalue weighted by Gasteiger charge is 2.06. The molecule has 0 spiro atoms. The lowest BCUT2D eigenvalue weighted by Crippen LogP contribution is -2.11. The highest BCUT2D eigenvalue weighted by atomic mass is 35.5. The number of hydrogen-bond acceptors (Lipinski definition) is 2. The molecule has 1 heterocycles. The number of fused-ring (bicyclic) bond motifs is 1. The summed E-state index contributed by atoms with van der Waals surface area (Å²) in [5, 5.41) is 1.66. The lowest BCUT2D eigenvalue weighted by molar-refractivity contribution is -0.117. The van der Waals surface area contributed by atoms with Gasteiger partial charge in [-0.25, -0.2) is 0 Å². The maximum Gasteiger partial charge on any atom is 0.217 e. The quantitative estimate of drug-likeness (QED) is 0.908. The molecule has 1 amide bonds. The Morgan fingerprint density at radius 3 is 2.88 bits per heavy atom. The number of nitrogens with zero attached hydrogens (tertiary/aromatic N) is 1. The maximum atomic E-state index is 10.8. The van der Waals surface area contributed by atoms with Gasteiger partial charge in [0.25, 0.3) is 0 Å². The van der Waals surface area contributed by atoms with E-state index in [2.05, 4.69) is 4.98 Å². The number of rotatable bonds is 3. The summed E-state index contributed by atoms with van der Waals surface area (Å²) in [6.07, 6.45) is 0.959. The summed E-state index contributed by atoms with van der Waals surface area (Å²) in [6.45, 7) is 1.93. The summed E-state index contributed by atoms with van der Waals surface area (Å²) in [4.78, 5) is 15.3. The first-order chi connectivity index (χ1) is 8.06. The molecule has 0 atom stereocenters. The zero-order valence-corrected chi connectivity index (χ0v) is 10.3. The molecule has 3 nitrogen and oxygen atoms in total. The van der Waals surface area contributed by atoms with Gasteiger partial charge in [-0.3, -0.25) is 9.78 Å². The van der Waals surface area contributed by atoms with Crippen LogP contribution >= 0.6 is 11.6 Å². The molecule has 2 aromatic rings. The van der Waals surface area contributed by atoms with E-state index in [1.807, 2.05) is 31.2 Å². The summed E-state index contributed by atoms with van der Waals surface area (Å²) >= 11 is 5.97. The molecule has 0 fully saturated rings. The van der Waals surface area contributed by atoms with Gasteiger partial charge in [-0.2, -0.15) is 0 Å². The van der Waals surface area contributed by atoms with Gasteiger partial charge in [0.15, 0.2) is 0 Å². The monoisotopic (exact) mass is 248 g/mol. The molecule has 2 N–H and O–H groups in total. The summed E-state index contributed by atoms with van der Waals surface area (Å²) < 4.78 is 0. The molecule has 0 bridgehead atoms. The number of nitrogens with two attached hydrogens (primary N) is 1. The minimum atomic E-state index is -0.297. The van der Waals surface area contributed by atoms with Crippen molar-refractivity contribution >= 4 is 28.4 Å². The highest BCUT2D eigenvalue weighted by molar-refractivity contribution is 6.31. The van der Waals surface area contributed by atoms with Crippen molar-refractivity contribution in [3.63, 3.8) is 0 Å². The zero-order valence-electron chi connectivity index (χ0n) is 9.53. The summed E-state index contributed by atoms with van der Waals surface area (Å²) in [7, 11) is 0. The third-order valence-electron chi connectivity index (χ3n) is 2.63. The largest absolute Gasteiger partial charge is 0.370 e. The van der Waals surface area contributed by atoms with Gasteiger partial charge in [0.1, 0.15) is 0 Å². The summed E-state index contributed by atoms with van der Waals surface area (Å²) in [5.74, 6) is -0.297. The molecule has 88 valence electrons. The number of halogens is 1. The second kappa shape index (κ2) is 4.72. The number of carbonyl (C=O) groups excluding carboxylic acids is 1. The van der Waals surface area contributed by atoms with Gasteiger partial charge in [-0.1, -0.05) is 11.6 Å². The molecule has 1 aromatic heterocycles. The molecular weight excluding hydrogens is 236 g/mol. The number of amides is 1. The number of carbonyl (C=O) groups is 1. The lowest BCUT2D eigenvalue weighted by atomic mass is 10.0. The van der Waals surface area contributed by atoms with Crippen LogP contribution in [0.3, 0.4) is 0 Å². The minimum absolute atomic E-state index is 0.297. The van der Waals surface area contributed by atoms with Crippen molar-refractivity contribution in [2.45, 2.75) is 19.8 Å². The second-order valence-corrected chi connectivity index (χ2v) is 4.49. The van der Waals surface area contributed by atoms with Crippen LogP contribution in [0, 0.1) is 6.92 Å². The van der Waals surface area contributed by atoms with Crippen molar-refractivity contribution < 1.29 is 4.79 Å². The Balaban J connectivity index is 2.51. The lowest BCUT2D eigenvalue weighted by Gasteiger charge is -2.07. The van der Waals surface area contributed by atoms with E-state index in [1.54, 1.807) is 0 Å². The van der Waals surface area contributed by atoms with Crippen molar-refractivity contribution in [1.29, 1.82) is 0 Å². The molecule has 0 aliphatic rings. The fourth-order valence-electron chi connectivity index (χ4n) is 1.88. The van der Waals surface area contributed by atoms with Crippen LogP contribution in [0.5, 0.6) is 0 Å². The van der Waals surface area contributed by atoms with Gasteiger partial charge < -0.3 is 5.73 Å². The molecule has 1 aromatic carbocycles. The molecule has 0 aliphatic carbocycles. The van der Waals surface area contributed by atoms with Crippen LogP contribution in [-0.2, 0) is 11.2 Å². The normalized spacial score (nSPS) is 10.7. The molecular formula is C13H13ClN2O. The molecule has 2 rings (SSSR count). The van der Waals surface area contributed by atoms with Gasteiger partial charge in [0.05, 0.1) is 5.52 Å². The van der Waals surface area contributed by atoms with Gasteiger partial charge in [-0.05, 0) is 43.2 Å². The van der Waals surface area contributed by atoms with Crippen LogP contribution in [0.25, 0.3) is 10.9 Å². The molecule has 0 unspecified atom stereocenters. The van der Waals surface area contributed by atoms with E-state index in [0.29, 0.717) is 17.9 Å². The van der Waals surface area contributed by atoms with Crippen LogP contribution in [0.1, 0.15) is 17.7 Å². The SMILES string of the molecule is Cc1cc(CCC(N)=O)c2cc(Cl)ccc2n1. The third-order valence-corrected chi connectivity index (χ3v) is 2.86. The molecule has 0 radical (unpaired) electrons. The first kappa shape index (κ1) is 11.9. The van der Waals surface area contributed by atoms with Crippen LogP contribution in [-0.4, -0.2) is 10.9 Å². The number of primary amides is 1. The summed E-state index contributed by atoms with van der Waals surface area (Å²) in [5.41, 5.74) is 8.06. The van der Waals surface area contributed by atoms with Crippen LogP contribution in [0.2, 0.25) is 5.02 Å². The fraction of sp³-hybridized carbons (Fsp3) is 0.231. The molecule has 0 saturated heterocycles. The Bertz CT molecular complexity index is 581. The zero-order chi connectivity index (χ0) is 12.4. The van der Waals surface area contributed by atoms with Crippen molar-refractivity contribution in [2.24, 2.45) is 5.73 Å². The van der Waals surface area contributed by atoms with Crippen LogP contribution in [0.4, 0.5) is 0 Å². The number of hydrogen-bond donors (Lipinski definition) is 1. The predicted molar refractivity (Wildman–Crippen MR) is 69.0 cm³/mol. The minimum Gasteiger partial charge on any atom is -0.370 e. The standard InChI is InChI=1S/C13H13ClN2O/c1-8-6-9(2-5-13(15)17)11-7-10(14)3-4-12(11)16-8/h3-4,6-7H,2,5H2,1H3,(H2,15,17). The van der Waals surface area contributed by atoms with E-state index >= 15 is 0 Å².